The van der Waals surface area contributed by atoms with Gasteiger partial charge in [-0.05, 0) is 66.6 Å². The predicted molar refractivity (Wildman–Crippen MR) is 133 cm³/mol. The molecule has 34 heavy (non-hydrogen) atoms. The van der Waals surface area contributed by atoms with Crippen LogP contribution in [-0.4, -0.2) is 73.5 Å². The molecule has 2 aliphatic heterocycles. The Hall–Kier alpha value is -3.49. The number of aliphatic hydroxyl groups excluding tert-OH is 1. The number of aliphatic hydroxyl groups is 1. The van der Waals surface area contributed by atoms with Crippen LogP contribution in [0.4, 0.5) is 11.6 Å². The van der Waals surface area contributed by atoms with Crippen LogP contribution in [0, 0.1) is 0 Å². The maximum absolute atomic E-state index is 12.5. The van der Waals surface area contributed by atoms with Gasteiger partial charge in [-0.3, -0.25) is 4.79 Å². The highest BCUT2D eigenvalue weighted by molar-refractivity contribution is 6.06. The zero-order chi connectivity index (χ0) is 23.8. The summed E-state index contributed by atoms with van der Waals surface area (Å²) in [6.07, 6.45) is 9.89. The van der Waals surface area contributed by atoms with E-state index in [1.165, 1.54) is 12.2 Å². The second-order valence-electron chi connectivity index (χ2n) is 8.14. The normalized spacial score (nSPS) is 17.9. The van der Waals surface area contributed by atoms with Crippen LogP contribution < -0.4 is 9.80 Å². The fraction of sp³-hybridized carbons (Fsp3) is 0.346. The maximum Gasteiger partial charge on any atom is 0.185 e. The lowest BCUT2D eigenvalue weighted by atomic mass is 10.1. The average Bonchev–Trinajstić information content (AvgIpc) is 2.91. The number of morpholine rings is 2. The van der Waals surface area contributed by atoms with Crippen molar-refractivity contribution in [2.45, 2.75) is 6.92 Å². The highest BCUT2D eigenvalue weighted by Crippen LogP contribution is 2.16. The third-order valence-electron chi connectivity index (χ3n) is 5.83. The van der Waals surface area contributed by atoms with Crippen molar-refractivity contribution >= 4 is 29.6 Å². The number of ketones is 1. The van der Waals surface area contributed by atoms with Gasteiger partial charge in [0.15, 0.2) is 5.78 Å². The first-order chi connectivity index (χ1) is 16.6. The van der Waals surface area contributed by atoms with Crippen molar-refractivity contribution < 1.29 is 19.4 Å². The molecule has 8 nitrogen and oxygen atoms in total. The van der Waals surface area contributed by atoms with Gasteiger partial charge in [0.2, 0.25) is 0 Å². The molecule has 0 saturated carbocycles. The van der Waals surface area contributed by atoms with Crippen LogP contribution in [-0.2, 0) is 14.3 Å². The minimum absolute atomic E-state index is 0.0762. The van der Waals surface area contributed by atoms with E-state index in [-0.39, 0.29) is 17.1 Å². The van der Waals surface area contributed by atoms with Gasteiger partial charge in [-0.25, -0.2) is 9.97 Å². The first kappa shape index (κ1) is 23.7. The zero-order valence-corrected chi connectivity index (χ0v) is 19.4. The van der Waals surface area contributed by atoms with Crippen LogP contribution >= 0.6 is 0 Å². The molecule has 4 rings (SSSR count). The molecule has 178 valence electrons. The van der Waals surface area contributed by atoms with Gasteiger partial charge >= 0.3 is 0 Å². The number of ether oxygens (including phenoxy) is 2. The zero-order valence-electron chi connectivity index (χ0n) is 19.4. The largest absolute Gasteiger partial charge is 0.508 e. The van der Waals surface area contributed by atoms with Crippen LogP contribution in [0.3, 0.4) is 0 Å². The molecule has 8 heteroatoms. The lowest BCUT2D eigenvalue weighted by Gasteiger charge is -2.27. The van der Waals surface area contributed by atoms with E-state index in [2.05, 4.69) is 19.8 Å². The summed E-state index contributed by atoms with van der Waals surface area (Å²) in [5.74, 6) is 1.47. The molecule has 0 atom stereocenters. The Morgan fingerprint density at radius 2 is 1.29 bits per heavy atom. The molecule has 2 fully saturated rings. The first-order valence-corrected chi connectivity index (χ1v) is 11.5. The number of carbonyl (C=O) groups is 1. The minimum atomic E-state index is -0.264. The van der Waals surface area contributed by atoms with Crippen molar-refractivity contribution in [2.75, 3.05) is 62.4 Å². The topological polar surface area (TPSA) is 88.0 Å². The lowest BCUT2D eigenvalue weighted by Crippen LogP contribution is -2.36. The van der Waals surface area contributed by atoms with Crippen molar-refractivity contribution in [1.29, 1.82) is 0 Å². The van der Waals surface area contributed by atoms with E-state index >= 15 is 0 Å². The molecule has 2 aromatic heterocycles. The summed E-state index contributed by atoms with van der Waals surface area (Å²) in [6, 6.07) is 7.75. The van der Waals surface area contributed by atoms with Crippen molar-refractivity contribution in [2.24, 2.45) is 0 Å². The molecule has 0 aromatic carbocycles. The van der Waals surface area contributed by atoms with Crippen LogP contribution in [0.5, 0.6) is 0 Å². The number of rotatable bonds is 7. The third kappa shape index (κ3) is 6.30. The molecule has 2 saturated heterocycles. The van der Waals surface area contributed by atoms with E-state index in [0.29, 0.717) is 26.4 Å². The van der Waals surface area contributed by atoms with Crippen LogP contribution in [0.2, 0.25) is 0 Å². The van der Waals surface area contributed by atoms with Gasteiger partial charge in [-0.2, -0.15) is 0 Å². The molecule has 0 radical (unpaired) electrons. The van der Waals surface area contributed by atoms with Crippen LogP contribution in [0.25, 0.3) is 12.2 Å². The van der Waals surface area contributed by atoms with Crippen molar-refractivity contribution in [1.82, 2.24) is 9.97 Å². The van der Waals surface area contributed by atoms with E-state index in [9.17, 15) is 9.90 Å². The molecule has 0 spiro atoms. The molecule has 0 bridgehead atoms. The minimum Gasteiger partial charge on any atom is -0.508 e. The van der Waals surface area contributed by atoms with E-state index < -0.39 is 0 Å². The summed E-state index contributed by atoms with van der Waals surface area (Å²) < 4.78 is 10.7. The standard InChI is InChI=1S/C26H30N4O4/c1-20(23(31)6-2-21-4-8-25(27-18-21)29-10-14-33-15-11-29)24(32)7-3-22-5-9-26(28-19-22)30-12-16-34-17-13-30/h2-9,18-19,31H,10-17H2,1H3/b6-2+,7-3+,23-20?. The lowest BCUT2D eigenvalue weighted by molar-refractivity contribution is -0.111. The number of hydrogen-bond donors (Lipinski definition) is 1. The highest BCUT2D eigenvalue weighted by atomic mass is 16.5. The summed E-state index contributed by atoms with van der Waals surface area (Å²) >= 11 is 0. The summed E-state index contributed by atoms with van der Waals surface area (Å²) in [5.41, 5.74) is 1.92. The van der Waals surface area contributed by atoms with Gasteiger partial charge in [0, 0.05) is 44.1 Å². The number of carbonyl (C=O) groups excluding carboxylic acids is 1. The number of allylic oxidation sites excluding steroid dienone is 3. The molecule has 4 heterocycles. The monoisotopic (exact) mass is 462 g/mol. The second kappa shape index (κ2) is 11.6. The van der Waals surface area contributed by atoms with Gasteiger partial charge < -0.3 is 24.4 Å². The molecule has 0 amide bonds. The smallest absolute Gasteiger partial charge is 0.185 e. The Labute approximate surface area is 199 Å². The third-order valence-corrected chi connectivity index (χ3v) is 5.83. The van der Waals surface area contributed by atoms with Gasteiger partial charge in [-0.15, -0.1) is 0 Å². The second-order valence-corrected chi connectivity index (χ2v) is 8.14. The maximum atomic E-state index is 12.5. The Bertz CT molecular complexity index is 1050. The van der Waals surface area contributed by atoms with Gasteiger partial charge in [0.25, 0.3) is 0 Å². The predicted octanol–water partition coefficient (Wildman–Crippen LogP) is 3.28. The molecule has 0 aliphatic carbocycles. The quantitative estimate of drug-likeness (QED) is 0.381. The number of anilines is 2. The van der Waals surface area contributed by atoms with E-state index in [1.807, 2.05) is 24.3 Å². The first-order valence-electron chi connectivity index (χ1n) is 11.5. The number of aromatic nitrogens is 2. The van der Waals surface area contributed by atoms with Crippen LogP contribution in [0.15, 0.2) is 60.1 Å². The molecular formula is C26H30N4O4. The number of nitrogens with zero attached hydrogens (tertiary/aromatic N) is 4. The molecule has 2 aromatic rings. The Morgan fingerprint density at radius 1 is 0.824 bits per heavy atom. The molecule has 2 aliphatic rings. The summed E-state index contributed by atoms with van der Waals surface area (Å²) in [6.45, 7) is 7.74. The molecule has 0 unspecified atom stereocenters. The Kier molecular flexibility index (Phi) is 8.06. The van der Waals surface area contributed by atoms with E-state index in [0.717, 1.165) is 48.9 Å². The summed E-state index contributed by atoms with van der Waals surface area (Å²) in [7, 11) is 0. The van der Waals surface area contributed by atoms with E-state index in [4.69, 9.17) is 9.47 Å². The molecule has 1 N–H and O–H groups in total. The summed E-state index contributed by atoms with van der Waals surface area (Å²) in [4.78, 5) is 25.8. The van der Waals surface area contributed by atoms with Crippen molar-refractivity contribution in [3.63, 3.8) is 0 Å². The number of pyridine rings is 2. The SMILES string of the molecule is CC(C(=O)/C=C/c1ccc(N2CCOCC2)nc1)=C(O)/C=C/c1ccc(N2CCOCC2)nc1. The fourth-order valence-corrected chi connectivity index (χ4v) is 3.67. The molecular weight excluding hydrogens is 432 g/mol. The van der Waals surface area contributed by atoms with Crippen molar-refractivity contribution in [3.05, 3.63) is 71.3 Å². The summed E-state index contributed by atoms with van der Waals surface area (Å²) in [5, 5.41) is 10.4. The van der Waals surface area contributed by atoms with Gasteiger partial charge in [-0.1, -0.05) is 0 Å². The Morgan fingerprint density at radius 3 is 1.74 bits per heavy atom. The van der Waals surface area contributed by atoms with Crippen LogP contribution in [0.1, 0.15) is 18.1 Å². The Balaban J connectivity index is 1.34. The average molecular weight is 463 g/mol. The van der Waals surface area contributed by atoms with E-state index in [1.54, 1.807) is 31.5 Å². The van der Waals surface area contributed by atoms with Gasteiger partial charge in [0.1, 0.15) is 17.4 Å². The number of hydrogen-bond acceptors (Lipinski definition) is 8. The fourth-order valence-electron chi connectivity index (χ4n) is 3.67. The van der Waals surface area contributed by atoms with Gasteiger partial charge in [0.05, 0.1) is 26.4 Å². The van der Waals surface area contributed by atoms with Crippen molar-refractivity contribution in [3.8, 4) is 0 Å². The highest BCUT2D eigenvalue weighted by Gasteiger charge is 2.13.